The van der Waals surface area contributed by atoms with Crippen molar-refractivity contribution in [1.29, 1.82) is 0 Å². The van der Waals surface area contributed by atoms with Crippen LogP contribution in [0.4, 0.5) is 23.3 Å². The number of hydrogen-bond acceptors (Lipinski definition) is 8. The zero-order valence-corrected chi connectivity index (χ0v) is 17.0. The maximum absolute atomic E-state index is 12.0. The summed E-state index contributed by atoms with van der Waals surface area (Å²) in [4.78, 5) is 23.7. The van der Waals surface area contributed by atoms with E-state index in [2.05, 4.69) is 30.3 Å². The van der Waals surface area contributed by atoms with Crippen molar-refractivity contribution < 1.29 is 13.2 Å². The molecule has 1 heterocycles. The minimum absolute atomic E-state index is 0.0336. The zero-order chi connectivity index (χ0) is 21.0. The van der Waals surface area contributed by atoms with E-state index in [-0.39, 0.29) is 27.9 Å². The van der Waals surface area contributed by atoms with Gasteiger partial charge in [0.15, 0.2) is 5.78 Å². The highest BCUT2D eigenvalue weighted by molar-refractivity contribution is 7.89. The molecule has 0 aliphatic rings. The SMILES string of the molecule is CNS(=O)(=O)c1cccc(Nc2nc(Cl)nc(Nc3ccc(C(C)=O)cc3)n2)c1. The third kappa shape index (κ3) is 5.25. The van der Waals surface area contributed by atoms with E-state index >= 15 is 0 Å². The van der Waals surface area contributed by atoms with Gasteiger partial charge in [-0.3, -0.25) is 4.79 Å². The Morgan fingerprint density at radius 1 is 0.931 bits per heavy atom. The number of benzene rings is 2. The summed E-state index contributed by atoms with van der Waals surface area (Å²) in [5.74, 6) is 0.280. The Balaban J connectivity index is 1.82. The van der Waals surface area contributed by atoms with Crippen molar-refractivity contribution in [3.63, 3.8) is 0 Å². The number of ketones is 1. The minimum atomic E-state index is -3.59. The maximum Gasteiger partial charge on any atom is 0.240 e. The average Bonchev–Trinajstić information content (AvgIpc) is 2.68. The topological polar surface area (TPSA) is 126 Å². The van der Waals surface area contributed by atoms with Gasteiger partial charge in [-0.25, -0.2) is 13.1 Å². The molecular weight excluding hydrogens is 416 g/mol. The third-order valence-corrected chi connectivity index (χ3v) is 5.41. The monoisotopic (exact) mass is 432 g/mol. The van der Waals surface area contributed by atoms with Crippen LogP contribution in [-0.2, 0) is 10.0 Å². The third-order valence-electron chi connectivity index (χ3n) is 3.82. The number of sulfonamides is 1. The summed E-state index contributed by atoms with van der Waals surface area (Å²) in [5, 5.41) is 5.83. The molecule has 0 fully saturated rings. The number of anilines is 4. The van der Waals surface area contributed by atoms with Gasteiger partial charge >= 0.3 is 0 Å². The van der Waals surface area contributed by atoms with Crippen molar-refractivity contribution in [1.82, 2.24) is 19.7 Å². The number of rotatable bonds is 7. The van der Waals surface area contributed by atoms with E-state index in [0.717, 1.165) is 0 Å². The van der Waals surface area contributed by atoms with Crippen molar-refractivity contribution in [2.45, 2.75) is 11.8 Å². The van der Waals surface area contributed by atoms with Crippen LogP contribution in [0.2, 0.25) is 5.28 Å². The number of Topliss-reactive ketones (excluding diaryl/α,β-unsaturated/α-hetero) is 1. The first-order valence-electron chi connectivity index (χ1n) is 8.37. The van der Waals surface area contributed by atoms with E-state index in [1.54, 1.807) is 36.4 Å². The van der Waals surface area contributed by atoms with Crippen LogP contribution in [0, 0.1) is 0 Å². The summed E-state index contributed by atoms with van der Waals surface area (Å²) in [6.07, 6.45) is 0. The standard InChI is InChI=1S/C18H17ClN6O3S/c1-11(26)12-6-8-13(9-7-12)21-17-23-16(19)24-18(25-17)22-14-4-3-5-15(10-14)29(27,28)20-2/h3-10,20H,1-2H3,(H2,21,22,23,24,25). The summed E-state index contributed by atoms with van der Waals surface area (Å²) in [6, 6.07) is 13.0. The molecule has 29 heavy (non-hydrogen) atoms. The second kappa shape index (κ2) is 8.52. The summed E-state index contributed by atoms with van der Waals surface area (Å²) in [6.45, 7) is 1.49. The number of carbonyl (C=O) groups is 1. The van der Waals surface area contributed by atoms with Gasteiger partial charge in [0.2, 0.25) is 27.2 Å². The molecule has 0 saturated heterocycles. The Bertz CT molecular complexity index is 1150. The highest BCUT2D eigenvalue weighted by Crippen LogP contribution is 2.21. The lowest BCUT2D eigenvalue weighted by Gasteiger charge is -2.10. The van der Waals surface area contributed by atoms with Gasteiger partial charge in [-0.1, -0.05) is 6.07 Å². The molecule has 0 atom stereocenters. The molecule has 3 aromatic rings. The number of hydrogen-bond donors (Lipinski definition) is 3. The lowest BCUT2D eigenvalue weighted by molar-refractivity contribution is 0.101. The number of nitrogens with zero attached hydrogens (tertiary/aromatic N) is 3. The molecule has 2 aromatic carbocycles. The van der Waals surface area contributed by atoms with Crippen LogP contribution in [0.15, 0.2) is 53.4 Å². The molecule has 0 aliphatic heterocycles. The normalized spacial score (nSPS) is 11.1. The molecule has 1 aromatic heterocycles. The first kappa shape index (κ1) is 20.6. The van der Waals surface area contributed by atoms with Gasteiger partial charge in [0.25, 0.3) is 0 Å². The quantitative estimate of drug-likeness (QED) is 0.486. The van der Waals surface area contributed by atoms with Crippen molar-refractivity contribution >= 4 is 50.7 Å². The number of halogens is 1. The molecule has 0 bridgehead atoms. The van der Waals surface area contributed by atoms with E-state index in [4.69, 9.17) is 11.6 Å². The molecule has 0 unspecified atom stereocenters. The van der Waals surface area contributed by atoms with Gasteiger partial charge in [0.05, 0.1) is 4.90 Å². The Kier molecular flexibility index (Phi) is 6.06. The molecule has 3 N–H and O–H groups in total. The molecule has 3 rings (SSSR count). The van der Waals surface area contributed by atoms with Crippen LogP contribution in [-0.4, -0.2) is 36.2 Å². The predicted molar refractivity (Wildman–Crippen MR) is 111 cm³/mol. The van der Waals surface area contributed by atoms with E-state index in [1.165, 1.54) is 26.1 Å². The van der Waals surface area contributed by atoms with Crippen LogP contribution < -0.4 is 15.4 Å². The second-order valence-electron chi connectivity index (χ2n) is 5.87. The fraction of sp³-hybridized carbons (Fsp3) is 0.111. The Hall–Kier alpha value is -3.08. The first-order valence-corrected chi connectivity index (χ1v) is 10.2. The molecule has 0 aliphatic carbocycles. The summed E-state index contributed by atoms with van der Waals surface area (Å²) < 4.78 is 26.2. The summed E-state index contributed by atoms with van der Waals surface area (Å²) >= 11 is 5.98. The smallest absolute Gasteiger partial charge is 0.240 e. The minimum Gasteiger partial charge on any atom is -0.324 e. The molecule has 0 spiro atoms. The lowest BCUT2D eigenvalue weighted by Crippen LogP contribution is -2.18. The molecular formula is C18H17ClN6O3S. The van der Waals surface area contributed by atoms with E-state index in [9.17, 15) is 13.2 Å². The Morgan fingerprint density at radius 3 is 2.14 bits per heavy atom. The summed E-state index contributed by atoms with van der Waals surface area (Å²) in [7, 11) is -2.25. The van der Waals surface area contributed by atoms with Gasteiger partial charge in [-0.15, -0.1) is 0 Å². The van der Waals surface area contributed by atoms with Crippen LogP contribution in [0.25, 0.3) is 0 Å². The lowest BCUT2D eigenvalue weighted by atomic mass is 10.1. The fourth-order valence-corrected chi connectivity index (χ4v) is 3.30. The van der Waals surface area contributed by atoms with Gasteiger partial charge in [-0.2, -0.15) is 15.0 Å². The van der Waals surface area contributed by atoms with Crippen molar-refractivity contribution in [2.24, 2.45) is 0 Å². The Labute approximate surface area is 172 Å². The first-order chi connectivity index (χ1) is 13.8. The zero-order valence-electron chi connectivity index (χ0n) is 15.5. The maximum atomic E-state index is 12.0. The number of nitrogens with one attached hydrogen (secondary N) is 3. The van der Waals surface area contributed by atoms with Crippen molar-refractivity contribution in [3.05, 3.63) is 59.4 Å². The van der Waals surface area contributed by atoms with Gasteiger partial charge in [0.1, 0.15) is 0 Å². The average molecular weight is 433 g/mol. The second-order valence-corrected chi connectivity index (χ2v) is 8.10. The van der Waals surface area contributed by atoms with E-state index < -0.39 is 10.0 Å². The highest BCUT2D eigenvalue weighted by Gasteiger charge is 2.12. The van der Waals surface area contributed by atoms with Crippen LogP contribution >= 0.6 is 11.6 Å². The van der Waals surface area contributed by atoms with E-state index in [0.29, 0.717) is 16.9 Å². The number of aromatic nitrogens is 3. The molecule has 11 heteroatoms. The van der Waals surface area contributed by atoms with Crippen LogP contribution in [0.1, 0.15) is 17.3 Å². The van der Waals surface area contributed by atoms with Crippen LogP contribution in [0.5, 0.6) is 0 Å². The van der Waals surface area contributed by atoms with Gasteiger partial charge in [0, 0.05) is 16.9 Å². The fourth-order valence-electron chi connectivity index (χ4n) is 2.37. The molecule has 0 saturated carbocycles. The number of carbonyl (C=O) groups excluding carboxylic acids is 1. The highest BCUT2D eigenvalue weighted by atomic mass is 35.5. The van der Waals surface area contributed by atoms with E-state index in [1.807, 2.05) is 0 Å². The Morgan fingerprint density at radius 2 is 1.55 bits per heavy atom. The van der Waals surface area contributed by atoms with Gasteiger partial charge in [-0.05, 0) is 68.0 Å². The largest absolute Gasteiger partial charge is 0.324 e. The molecule has 9 nitrogen and oxygen atoms in total. The molecule has 0 radical (unpaired) electrons. The summed E-state index contributed by atoms with van der Waals surface area (Å²) in [5.41, 5.74) is 1.70. The predicted octanol–water partition coefficient (Wildman–Crippen LogP) is 3.12. The van der Waals surface area contributed by atoms with Crippen LogP contribution in [0.3, 0.4) is 0 Å². The molecule has 0 amide bonds. The molecule has 150 valence electrons. The van der Waals surface area contributed by atoms with Gasteiger partial charge < -0.3 is 10.6 Å². The van der Waals surface area contributed by atoms with Crippen molar-refractivity contribution in [2.75, 3.05) is 17.7 Å². The van der Waals surface area contributed by atoms with Crippen molar-refractivity contribution in [3.8, 4) is 0 Å².